The molecule has 1 rings (SSSR count). The molecule has 0 radical (unpaired) electrons. The Bertz CT molecular complexity index is 271. The molecule has 0 fully saturated rings. The highest BCUT2D eigenvalue weighted by Gasteiger charge is 1.94. The first kappa shape index (κ1) is 8.25. The van der Waals surface area contributed by atoms with Crippen LogP contribution in [0, 0.1) is 6.92 Å². The van der Waals surface area contributed by atoms with Crippen molar-refractivity contribution in [3.8, 4) is 0 Å². The number of nitrogens with zero attached hydrogens (tertiary/aromatic N) is 2. The third-order valence-electron chi connectivity index (χ3n) is 1.09. The van der Waals surface area contributed by atoms with Crippen molar-refractivity contribution in [1.82, 2.24) is 15.4 Å². The van der Waals surface area contributed by atoms with Crippen LogP contribution in [0.2, 0.25) is 0 Å². The second kappa shape index (κ2) is 3.51. The van der Waals surface area contributed by atoms with E-state index in [1.165, 1.54) is 12.4 Å². The molecule has 1 amide bonds. The number of hydrazine groups is 1. The third kappa shape index (κ3) is 2.41. The number of hydrogen-bond donors (Lipinski definition) is 3. The highest BCUT2D eigenvalue weighted by atomic mass is 16.4. The van der Waals surface area contributed by atoms with E-state index >= 15 is 0 Å². The Hall–Kier alpha value is -1.85. The molecule has 0 spiro atoms. The summed E-state index contributed by atoms with van der Waals surface area (Å²) in [4.78, 5) is 17.7. The molecule has 3 N–H and O–H groups in total. The summed E-state index contributed by atoms with van der Waals surface area (Å²) < 4.78 is 0. The van der Waals surface area contributed by atoms with E-state index in [0.717, 1.165) is 0 Å². The predicted octanol–water partition coefficient (Wildman–Crippen LogP) is 0.380. The maximum Gasteiger partial charge on any atom is 0.423 e. The van der Waals surface area contributed by atoms with Crippen LogP contribution in [-0.2, 0) is 0 Å². The summed E-state index contributed by atoms with van der Waals surface area (Å²) in [7, 11) is 0. The lowest BCUT2D eigenvalue weighted by Gasteiger charge is -2.03. The molecule has 0 bridgehead atoms. The molecule has 6 nitrogen and oxygen atoms in total. The number of hydrogen-bond acceptors (Lipinski definition) is 4. The first-order valence-electron chi connectivity index (χ1n) is 3.22. The third-order valence-corrected chi connectivity index (χ3v) is 1.09. The second-order valence-electron chi connectivity index (χ2n) is 2.07. The minimum absolute atomic E-state index is 0.503. The van der Waals surface area contributed by atoms with Crippen molar-refractivity contribution in [2.24, 2.45) is 0 Å². The van der Waals surface area contributed by atoms with Crippen LogP contribution < -0.4 is 10.9 Å². The van der Waals surface area contributed by atoms with Gasteiger partial charge in [0, 0.05) is 0 Å². The Labute approximate surface area is 68.6 Å². The number of anilines is 1. The van der Waals surface area contributed by atoms with Crippen molar-refractivity contribution in [3.63, 3.8) is 0 Å². The van der Waals surface area contributed by atoms with Crippen LogP contribution >= 0.6 is 0 Å². The number of rotatable bonds is 2. The van der Waals surface area contributed by atoms with Gasteiger partial charge >= 0.3 is 6.09 Å². The van der Waals surface area contributed by atoms with Gasteiger partial charge in [0.2, 0.25) is 0 Å². The Balaban J connectivity index is 2.53. The lowest BCUT2D eigenvalue weighted by Crippen LogP contribution is -2.27. The molecule has 0 aliphatic rings. The van der Waals surface area contributed by atoms with Crippen LogP contribution in [0.4, 0.5) is 10.5 Å². The molecule has 1 heterocycles. The molecule has 0 aliphatic heterocycles. The second-order valence-corrected chi connectivity index (χ2v) is 2.07. The first-order valence-corrected chi connectivity index (χ1v) is 3.22. The summed E-state index contributed by atoms with van der Waals surface area (Å²) in [5.41, 5.74) is 4.87. The van der Waals surface area contributed by atoms with Gasteiger partial charge in [-0.25, -0.2) is 20.2 Å². The molecular weight excluding hydrogens is 160 g/mol. The average Bonchev–Trinajstić information content (AvgIpc) is 2.03. The summed E-state index contributed by atoms with van der Waals surface area (Å²) in [6, 6.07) is 0. The van der Waals surface area contributed by atoms with E-state index < -0.39 is 6.09 Å². The van der Waals surface area contributed by atoms with Crippen molar-refractivity contribution >= 4 is 11.8 Å². The lowest BCUT2D eigenvalue weighted by atomic mass is 10.5. The highest BCUT2D eigenvalue weighted by molar-refractivity contribution is 5.66. The van der Waals surface area contributed by atoms with Crippen molar-refractivity contribution < 1.29 is 9.90 Å². The van der Waals surface area contributed by atoms with Crippen LogP contribution in [-0.4, -0.2) is 21.2 Å². The molecular formula is C6H8N4O2. The Kier molecular flexibility index (Phi) is 2.42. The van der Waals surface area contributed by atoms with E-state index in [1.807, 2.05) is 5.43 Å². The van der Waals surface area contributed by atoms with E-state index in [2.05, 4.69) is 15.4 Å². The number of carboxylic acid groups (broad SMARTS) is 1. The van der Waals surface area contributed by atoms with E-state index in [9.17, 15) is 4.79 Å². The number of aromatic nitrogens is 2. The van der Waals surface area contributed by atoms with E-state index in [1.54, 1.807) is 6.92 Å². The molecule has 0 aromatic carbocycles. The summed E-state index contributed by atoms with van der Waals surface area (Å²) >= 11 is 0. The van der Waals surface area contributed by atoms with Gasteiger partial charge in [-0.05, 0) is 6.92 Å². The topological polar surface area (TPSA) is 87.1 Å². The van der Waals surface area contributed by atoms with Gasteiger partial charge < -0.3 is 5.11 Å². The van der Waals surface area contributed by atoms with Crippen molar-refractivity contribution in [1.29, 1.82) is 0 Å². The Morgan fingerprint density at radius 2 is 2.08 bits per heavy atom. The van der Waals surface area contributed by atoms with Crippen molar-refractivity contribution in [3.05, 3.63) is 18.2 Å². The van der Waals surface area contributed by atoms with E-state index in [4.69, 9.17) is 5.11 Å². The zero-order chi connectivity index (χ0) is 8.97. The number of aryl methyl sites for hydroxylation is 1. The van der Waals surface area contributed by atoms with Gasteiger partial charge in [-0.3, -0.25) is 5.43 Å². The minimum atomic E-state index is -1.16. The van der Waals surface area contributed by atoms with Crippen molar-refractivity contribution in [2.75, 3.05) is 5.43 Å². The van der Waals surface area contributed by atoms with Gasteiger partial charge in [-0.15, -0.1) is 0 Å². The number of amides is 1. The quantitative estimate of drug-likeness (QED) is 0.555. The molecule has 0 saturated carbocycles. The zero-order valence-electron chi connectivity index (χ0n) is 6.40. The highest BCUT2D eigenvalue weighted by Crippen LogP contribution is 1.99. The largest absolute Gasteiger partial charge is 0.464 e. The standard InChI is InChI=1S/C6H8N4O2/c1-4-7-2-5(3-8-4)9-10-6(11)12/h2-3,9-10H,1H3,(H,11,12). The van der Waals surface area contributed by atoms with E-state index in [-0.39, 0.29) is 0 Å². The number of nitrogens with one attached hydrogen (secondary N) is 2. The molecule has 6 heteroatoms. The smallest absolute Gasteiger partial charge is 0.423 e. The minimum Gasteiger partial charge on any atom is -0.464 e. The van der Waals surface area contributed by atoms with Gasteiger partial charge in [-0.2, -0.15) is 0 Å². The normalized spacial score (nSPS) is 9.08. The fourth-order valence-electron chi connectivity index (χ4n) is 0.583. The maximum atomic E-state index is 10.0. The van der Waals surface area contributed by atoms with Crippen LogP contribution in [0.25, 0.3) is 0 Å². The van der Waals surface area contributed by atoms with Crippen LogP contribution in [0.3, 0.4) is 0 Å². The predicted molar refractivity (Wildman–Crippen MR) is 41.6 cm³/mol. The molecule has 0 aliphatic carbocycles. The molecule has 1 aromatic rings. The fourth-order valence-corrected chi connectivity index (χ4v) is 0.583. The van der Waals surface area contributed by atoms with Crippen LogP contribution in [0.1, 0.15) is 5.82 Å². The monoisotopic (exact) mass is 168 g/mol. The molecule has 0 atom stereocenters. The number of carbonyl (C=O) groups is 1. The van der Waals surface area contributed by atoms with Gasteiger partial charge in [0.25, 0.3) is 0 Å². The molecule has 0 saturated heterocycles. The van der Waals surface area contributed by atoms with Gasteiger partial charge in [-0.1, -0.05) is 0 Å². The van der Waals surface area contributed by atoms with Gasteiger partial charge in [0.1, 0.15) is 5.82 Å². The fraction of sp³-hybridized carbons (Fsp3) is 0.167. The average molecular weight is 168 g/mol. The zero-order valence-corrected chi connectivity index (χ0v) is 6.40. The first-order chi connectivity index (χ1) is 5.68. The Morgan fingerprint density at radius 3 is 2.58 bits per heavy atom. The molecule has 12 heavy (non-hydrogen) atoms. The summed E-state index contributed by atoms with van der Waals surface area (Å²) in [6.07, 6.45) is 1.81. The summed E-state index contributed by atoms with van der Waals surface area (Å²) in [5, 5.41) is 8.21. The summed E-state index contributed by atoms with van der Waals surface area (Å²) in [6.45, 7) is 1.74. The molecule has 64 valence electrons. The SMILES string of the molecule is Cc1ncc(NNC(=O)O)cn1. The van der Waals surface area contributed by atoms with Gasteiger partial charge in [0.05, 0.1) is 18.1 Å². The lowest BCUT2D eigenvalue weighted by molar-refractivity contribution is 0.197. The van der Waals surface area contributed by atoms with E-state index in [0.29, 0.717) is 11.5 Å². The molecule has 1 aromatic heterocycles. The van der Waals surface area contributed by atoms with Gasteiger partial charge in [0.15, 0.2) is 0 Å². The van der Waals surface area contributed by atoms with Crippen LogP contribution in [0.15, 0.2) is 12.4 Å². The summed E-state index contributed by atoms with van der Waals surface area (Å²) in [5.74, 6) is 0.635. The van der Waals surface area contributed by atoms with Crippen LogP contribution in [0.5, 0.6) is 0 Å². The maximum absolute atomic E-state index is 10.0. The van der Waals surface area contributed by atoms with Crippen molar-refractivity contribution in [2.45, 2.75) is 6.92 Å². The molecule has 0 unspecified atom stereocenters. The Morgan fingerprint density at radius 1 is 1.50 bits per heavy atom.